The Morgan fingerprint density at radius 2 is 2.27 bits per heavy atom. The monoisotopic (exact) mass is 227 g/mol. The predicted molar refractivity (Wildman–Crippen MR) is 66.6 cm³/mol. The molecule has 1 aromatic heterocycles. The van der Waals surface area contributed by atoms with E-state index in [1.165, 1.54) is 10.6 Å². The Morgan fingerprint density at radius 1 is 1.47 bits per heavy atom. The molecule has 1 heterocycles. The zero-order chi connectivity index (χ0) is 11.1. The molecule has 0 saturated carbocycles. The van der Waals surface area contributed by atoms with Crippen molar-refractivity contribution in [2.45, 2.75) is 20.3 Å². The summed E-state index contributed by atoms with van der Waals surface area (Å²) in [6, 6.07) is 0. The first-order chi connectivity index (χ1) is 7.24. The molecule has 0 aliphatic carbocycles. The van der Waals surface area contributed by atoms with Gasteiger partial charge in [0.05, 0.1) is 11.2 Å². The van der Waals surface area contributed by atoms with Gasteiger partial charge in [-0.25, -0.2) is 4.98 Å². The summed E-state index contributed by atoms with van der Waals surface area (Å²) >= 11 is 1.76. The van der Waals surface area contributed by atoms with E-state index in [4.69, 9.17) is 0 Å². The minimum absolute atomic E-state index is 1.06. The quantitative estimate of drug-likeness (QED) is 0.716. The van der Waals surface area contributed by atoms with Crippen LogP contribution in [0, 0.1) is 6.92 Å². The van der Waals surface area contributed by atoms with Gasteiger partial charge in [0, 0.05) is 24.5 Å². The van der Waals surface area contributed by atoms with Crippen molar-refractivity contribution in [1.29, 1.82) is 0 Å². The average Bonchev–Trinajstić information content (AvgIpc) is 2.63. The molecule has 0 unspecified atom stereocenters. The van der Waals surface area contributed by atoms with Crippen LogP contribution in [0.1, 0.15) is 17.5 Å². The first kappa shape index (κ1) is 12.6. The fourth-order valence-corrected chi connectivity index (χ4v) is 2.10. The Kier molecular flexibility index (Phi) is 5.83. The predicted octanol–water partition coefficient (Wildman–Crippen LogP) is 1.54. The van der Waals surface area contributed by atoms with Crippen LogP contribution in [0.3, 0.4) is 0 Å². The Labute approximate surface area is 96.5 Å². The summed E-state index contributed by atoms with van der Waals surface area (Å²) in [6.45, 7) is 8.63. The molecular formula is C11H21N3S. The molecule has 0 radical (unpaired) electrons. The van der Waals surface area contributed by atoms with Gasteiger partial charge in [0.2, 0.25) is 0 Å². The van der Waals surface area contributed by atoms with Crippen molar-refractivity contribution in [3.05, 3.63) is 16.1 Å². The Balaban J connectivity index is 2.05. The zero-order valence-corrected chi connectivity index (χ0v) is 10.7. The number of thiazole rings is 1. The SMILES string of the molecule is CCN(C)CCNCCc1scnc1C. The molecule has 0 spiro atoms. The molecule has 1 N–H and O–H groups in total. The van der Waals surface area contributed by atoms with Crippen molar-refractivity contribution >= 4 is 11.3 Å². The van der Waals surface area contributed by atoms with Crippen molar-refractivity contribution in [3.63, 3.8) is 0 Å². The van der Waals surface area contributed by atoms with E-state index < -0.39 is 0 Å². The fraction of sp³-hybridized carbons (Fsp3) is 0.727. The molecule has 4 heteroatoms. The van der Waals surface area contributed by atoms with E-state index in [9.17, 15) is 0 Å². The van der Waals surface area contributed by atoms with Gasteiger partial charge >= 0.3 is 0 Å². The Morgan fingerprint density at radius 3 is 2.87 bits per heavy atom. The fourth-order valence-electron chi connectivity index (χ4n) is 1.32. The van der Waals surface area contributed by atoms with Gasteiger partial charge in [0.25, 0.3) is 0 Å². The van der Waals surface area contributed by atoms with Crippen molar-refractivity contribution in [2.24, 2.45) is 0 Å². The summed E-state index contributed by atoms with van der Waals surface area (Å²) in [5, 5.41) is 3.45. The van der Waals surface area contributed by atoms with E-state index in [0.29, 0.717) is 0 Å². The molecule has 1 rings (SSSR count). The topological polar surface area (TPSA) is 28.2 Å². The third-order valence-corrected chi connectivity index (χ3v) is 3.58. The van der Waals surface area contributed by atoms with Crippen molar-refractivity contribution in [3.8, 4) is 0 Å². The molecule has 0 aliphatic heterocycles. The van der Waals surface area contributed by atoms with Crippen LogP contribution in [0.5, 0.6) is 0 Å². The van der Waals surface area contributed by atoms with Crippen LogP contribution < -0.4 is 5.32 Å². The number of likely N-dealkylation sites (N-methyl/N-ethyl adjacent to an activating group) is 1. The third kappa shape index (κ3) is 4.73. The average molecular weight is 227 g/mol. The first-order valence-electron chi connectivity index (χ1n) is 5.52. The van der Waals surface area contributed by atoms with Crippen LogP contribution in [0.15, 0.2) is 5.51 Å². The molecule has 0 amide bonds. The maximum absolute atomic E-state index is 4.24. The molecule has 15 heavy (non-hydrogen) atoms. The number of aryl methyl sites for hydroxylation is 1. The second kappa shape index (κ2) is 6.93. The van der Waals surface area contributed by atoms with Crippen LogP contribution in [0.2, 0.25) is 0 Å². The molecule has 0 aliphatic rings. The van der Waals surface area contributed by atoms with Crippen molar-refractivity contribution in [2.75, 3.05) is 33.2 Å². The van der Waals surface area contributed by atoms with Crippen molar-refractivity contribution in [1.82, 2.24) is 15.2 Å². The van der Waals surface area contributed by atoms with Crippen LogP contribution in [-0.2, 0) is 6.42 Å². The highest BCUT2D eigenvalue weighted by molar-refractivity contribution is 7.09. The van der Waals surface area contributed by atoms with Crippen LogP contribution in [0.25, 0.3) is 0 Å². The Hall–Kier alpha value is -0.450. The van der Waals surface area contributed by atoms with Gasteiger partial charge in [-0.15, -0.1) is 11.3 Å². The number of nitrogens with one attached hydrogen (secondary N) is 1. The summed E-state index contributed by atoms with van der Waals surface area (Å²) in [5.74, 6) is 0. The number of nitrogens with zero attached hydrogens (tertiary/aromatic N) is 2. The second-order valence-corrected chi connectivity index (χ2v) is 4.70. The lowest BCUT2D eigenvalue weighted by molar-refractivity contribution is 0.350. The molecule has 0 aromatic carbocycles. The highest BCUT2D eigenvalue weighted by atomic mass is 32.1. The maximum atomic E-state index is 4.24. The smallest absolute Gasteiger partial charge is 0.0797 e. The molecule has 1 aromatic rings. The minimum atomic E-state index is 1.06. The molecule has 0 saturated heterocycles. The molecule has 0 atom stereocenters. The van der Waals surface area contributed by atoms with Crippen molar-refractivity contribution < 1.29 is 0 Å². The third-order valence-electron chi connectivity index (χ3n) is 2.58. The lowest BCUT2D eigenvalue weighted by Crippen LogP contribution is -2.30. The van der Waals surface area contributed by atoms with E-state index in [1.54, 1.807) is 11.3 Å². The van der Waals surface area contributed by atoms with Gasteiger partial charge in [-0.05, 0) is 26.9 Å². The summed E-state index contributed by atoms with van der Waals surface area (Å²) in [5.41, 5.74) is 3.11. The highest BCUT2D eigenvalue weighted by Crippen LogP contribution is 2.11. The lowest BCUT2D eigenvalue weighted by atomic mass is 10.3. The number of hydrogen-bond acceptors (Lipinski definition) is 4. The van der Waals surface area contributed by atoms with Gasteiger partial charge in [-0.1, -0.05) is 6.92 Å². The molecule has 0 fully saturated rings. The Bertz CT molecular complexity index is 273. The molecule has 86 valence electrons. The minimum Gasteiger partial charge on any atom is -0.315 e. The number of aromatic nitrogens is 1. The normalized spacial score (nSPS) is 11.2. The van der Waals surface area contributed by atoms with Gasteiger partial charge in [-0.2, -0.15) is 0 Å². The summed E-state index contributed by atoms with van der Waals surface area (Å²) in [4.78, 5) is 7.96. The second-order valence-electron chi connectivity index (χ2n) is 3.76. The van der Waals surface area contributed by atoms with E-state index in [2.05, 4.69) is 36.1 Å². The molecule has 0 bridgehead atoms. The summed E-state index contributed by atoms with van der Waals surface area (Å²) in [7, 11) is 2.15. The maximum Gasteiger partial charge on any atom is 0.0797 e. The lowest BCUT2D eigenvalue weighted by Gasteiger charge is -2.13. The van der Waals surface area contributed by atoms with Gasteiger partial charge in [-0.3, -0.25) is 0 Å². The highest BCUT2D eigenvalue weighted by Gasteiger charge is 2.00. The van der Waals surface area contributed by atoms with E-state index in [-0.39, 0.29) is 0 Å². The zero-order valence-electron chi connectivity index (χ0n) is 9.92. The van der Waals surface area contributed by atoms with Crippen LogP contribution in [0.4, 0.5) is 0 Å². The summed E-state index contributed by atoms with van der Waals surface area (Å²) in [6.07, 6.45) is 1.10. The van der Waals surface area contributed by atoms with E-state index in [1.807, 2.05) is 5.51 Å². The van der Waals surface area contributed by atoms with E-state index in [0.717, 1.165) is 32.6 Å². The van der Waals surface area contributed by atoms with Gasteiger partial charge in [0.1, 0.15) is 0 Å². The molecular weight excluding hydrogens is 206 g/mol. The van der Waals surface area contributed by atoms with Crippen LogP contribution >= 0.6 is 11.3 Å². The van der Waals surface area contributed by atoms with E-state index >= 15 is 0 Å². The van der Waals surface area contributed by atoms with Crippen LogP contribution in [-0.4, -0.2) is 43.1 Å². The largest absolute Gasteiger partial charge is 0.315 e. The van der Waals surface area contributed by atoms with Gasteiger partial charge in [0.15, 0.2) is 0 Å². The number of hydrogen-bond donors (Lipinski definition) is 1. The summed E-state index contributed by atoms with van der Waals surface area (Å²) < 4.78 is 0. The number of rotatable bonds is 7. The molecule has 3 nitrogen and oxygen atoms in total. The first-order valence-corrected chi connectivity index (χ1v) is 6.40. The van der Waals surface area contributed by atoms with Gasteiger partial charge < -0.3 is 10.2 Å². The standard InChI is InChI=1S/C11H21N3S/c1-4-14(3)8-7-12-6-5-11-10(2)13-9-15-11/h9,12H,4-8H2,1-3H3.